The van der Waals surface area contributed by atoms with Crippen molar-refractivity contribution in [3.05, 3.63) is 63.4 Å². The molecule has 0 aromatic heterocycles. The summed E-state index contributed by atoms with van der Waals surface area (Å²) in [6.45, 7) is 1.85. The Hall–Kier alpha value is -1.68. The number of carbonyl (C=O) groups is 1. The first-order valence-corrected chi connectivity index (χ1v) is 6.60. The number of Topliss-reactive ketones (excluding diaryl/α,β-unsaturated/α-hetero) is 1. The van der Waals surface area contributed by atoms with Gasteiger partial charge in [-0.15, -0.1) is 0 Å². The number of anilines is 1. The summed E-state index contributed by atoms with van der Waals surface area (Å²) in [5.74, 6) is -0.448. The molecule has 0 amide bonds. The van der Waals surface area contributed by atoms with Crippen molar-refractivity contribution in [1.29, 1.82) is 0 Å². The fourth-order valence-corrected chi connectivity index (χ4v) is 2.27. The number of carbonyl (C=O) groups excluding carboxylic acids is 1. The number of ketones is 1. The van der Waals surface area contributed by atoms with Crippen LogP contribution < -0.4 is 5.73 Å². The SMILES string of the molecule is Cc1ccc(F)cc1CC(=O)c1ccc(Br)cc1N. The molecular formula is C15H13BrFNO. The van der Waals surface area contributed by atoms with Crippen molar-refractivity contribution in [2.24, 2.45) is 0 Å². The number of nitrogen functional groups attached to an aromatic ring is 1. The van der Waals surface area contributed by atoms with E-state index in [1.165, 1.54) is 12.1 Å². The zero-order chi connectivity index (χ0) is 14.0. The van der Waals surface area contributed by atoms with Crippen LogP contribution in [-0.4, -0.2) is 5.78 Å². The zero-order valence-corrected chi connectivity index (χ0v) is 12.0. The van der Waals surface area contributed by atoms with Crippen molar-refractivity contribution in [3.8, 4) is 0 Å². The molecule has 0 radical (unpaired) electrons. The van der Waals surface area contributed by atoms with Gasteiger partial charge in [0.05, 0.1) is 0 Å². The third kappa shape index (κ3) is 3.20. The Labute approximate surface area is 119 Å². The van der Waals surface area contributed by atoms with E-state index in [1.807, 2.05) is 6.92 Å². The minimum Gasteiger partial charge on any atom is -0.398 e. The number of hydrogen-bond donors (Lipinski definition) is 1. The van der Waals surface area contributed by atoms with E-state index in [9.17, 15) is 9.18 Å². The van der Waals surface area contributed by atoms with Gasteiger partial charge in [-0.25, -0.2) is 4.39 Å². The third-order valence-corrected chi connectivity index (χ3v) is 3.47. The van der Waals surface area contributed by atoms with Crippen LogP contribution in [0.25, 0.3) is 0 Å². The van der Waals surface area contributed by atoms with Gasteiger partial charge in [0.25, 0.3) is 0 Å². The quantitative estimate of drug-likeness (QED) is 0.688. The van der Waals surface area contributed by atoms with Gasteiger partial charge in [-0.3, -0.25) is 4.79 Å². The predicted molar refractivity (Wildman–Crippen MR) is 77.7 cm³/mol. The van der Waals surface area contributed by atoms with Gasteiger partial charge in [-0.2, -0.15) is 0 Å². The highest BCUT2D eigenvalue weighted by Crippen LogP contribution is 2.21. The fraction of sp³-hybridized carbons (Fsp3) is 0.133. The van der Waals surface area contributed by atoms with E-state index in [0.29, 0.717) is 16.8 Å². The number of hydrogen-bond acceptors (Lipinski definition) is 2. The standard InChI is InChI=1S/C15H13BrFNO/c1-9-2-4-12(17)6-10(9)7-15(19)13-5-3-11(16)8-14(13)18/h2-6,8H,7,18H2,1H3. The van der Waals surface area contributed by atoms with Gasteiger partial charge in [-0.1, -0.05) is 22.0 Å². The maximum Gasteiger partial charge on any atom is 0.169 e. The molecule has 0 spiro atoms. The van der Waals surface area contributed by atoms with Crippen LogP contribution in [0.15, 0.2) is 40.9 Å². The smallest absolute Gasteiger partial charge is 0.169 e. The van der Waals surface area contributed by atoms with Crippen LogP contribution in [-0.2, 0) is 6.42 Å². The Morgan fingerprint density at radius 2 is 2.00 bits per heavy atom. The van der Waals surface area contributed by atoms with Crippen molar-refractivity contribution in [3.63, 3.8) is 0 Å². The largest absolute Gasteiger partial charge is 0.398 e. The molecule has 4 heteroatoms. The molecule has 0 bridgehead atoms. The lowest BCUT2D eigenvalue weighted by molar-refractivity contribution is 0.0993. The van der Waals surface area contributed by atoms with E-state index < -0.39 is 0 Å². The predicted octanol–water partition coefficient (Wildman–Crippen LogP) is 3.90. The summed E-state index contributed by atoms with van der Waals surface area (Å²) in [4.78, 5) is 12.2. The second-order valence-corrected chi connectivity index (χ2v) is 5.32. The van der Waals surface area contributed by atoms with Crippen LogP contribution in [0.5, 0.6) is 0 Å². The molecule has 0 aliphatic heterocycles. The maximum atomic E-state index is 13.2. The molecular weight excluding hydrogens is 309 g/mol. The highest BCUT2D eigenvalue weighted by molar-refractivity contribution is 9.10. The summed E-state index contributed by atoms with van der Waals surface area (Å²) < 4.78 is 14.0. The molecule has 0 heterocycles. The second-order valence-electron chi connectivity index (χ2n) is 4.40. The van der Waals surface area contributed by atoms with Gasteiger partial charge < -0.3 is 5.73 Å². The van der Waals surface area contributed by atoms with E-state index in [2.05, 4.69) is 15.9 Å². The average Bonchev–Trinajstić information content (AvgIpc) is 2.33. The van der Waals surface area contributed by atoms with Gasteiger partial charge in [0, 0.05) is 22.1 Å². The number of halogens is 2. The number of aryl methyl sites for hydroxylation is 1. The minimum absolute atomic E-state index is 0.112. The summed E-state index contributed by atoms with van der Waals surface area (Å²) in [5.41, 5.74) is 8.29. The first kappa shape index (κ1) is 13.7. The first-order chi connectivity index (χ1) is 8.97. The molecule has 0 atom stereocenters. The zero-order valence-electron chi connectivity index (χ0n) is 10.4. The monoisotopic (exact) mass is 321 g/mol. The van der Waals surface area contributed by atoms with Crippen LogP contribution in [0.3, 0.4) is 0 Å². The van der Waals surface area contributed by atoms with Crippen molar-refractivity contribution < 1.29 is 9.18 Å². The molecule has 2 aromatic carbocycles. The summed E-state index contributed by atoms with van der Waals surface area (Å²) >= 11 is 3.29. The molecule has 0 fully saturated rings. The molecule has 0 unspecified atom stereocenters. The fourth-order valence-electron chi connectivity index (χ4n) is 1.89. The van der Waals surface area contributed by atoms with E-state index in [4.69, 9.17) is 5.73 Å². The number of nitrogens with two attached hydrogens (primary N) is 1. The second kappa shape index (κ2) is 5.53. The number of rotatable bonds is 3. The lowest BCUT2D eigenvalue weighted by atomic mass is 9.98. The average molecular weight is 322 g/mol. The van der Waals surface area contributed by atoms with E-state index in [1.54, 1.807) is 24.3 Å². The molecule has 2 aromatic rings. The third-order valence-electron chi connectivity index (χ3n) is 2.98. The molecule has 98 valence electrons. The summed E-state index contributed by atoms with van der Waals surface area (Å²) in [5, 5.41) is 0. The molecule has 0 saturated carbocycles. The van der Waals surface area contributed by atoms with Crippen LogP contribution in [0.4, 0.5) is 10.1 Å². The van der Waals surface area contributed by atoms with Gasteiger partial charge in [0.2, 0.25) is 0 Å². The number of benzene rings is 2. The maximum absolute atomic E-state index is 13.2. The molecule has 2 N–H and O–H groups in total. The van der Waals surface area contributed by atoms with Gasteiger partial charge >= 0.3 is 0 Å². The topological polar surface area (TPSA) is 43.1 Å². The molecule has 2 rings (SSSR count). The summed E-state index contributed by atoms with van der Waals surface area (Å²) in [6, 6.07) is 9.58. The molecule has 0 aliphatic rings. The van der Waals surface area contributed by atoms with E-state index in [0.717, 1.165) is 10.0 Å². The van der Waals surface area contributed by atoms with Crippen molar-refractivity contribution in [2.75, 3.05) is 5.73 Å². The van der Waals surface area contributed by atoms with Crippen LogP contribution >= 0.6 is 15.9 Å². The molecule has 19 heavy (non-hydrogen) atoms. The highest BCUT2D eigenvalue weighted by Gasteiger charge is 2.12. The lowest BCUT2D eigenvalue weighted by Gasteiger charge is -2.08. The molecule has 2 nitrogen and oxygen atoms in total. The van der Waals surface area contributed by atoms with Gasteiger partial charge in [0.15, 0.2) is 5.78 Å². The molecule has 0 saturated heterocycles. The van der Waals surface area contributed by atoms with Crippen molar-refractivity contribution in [1.82, 2.24) is 0 Å². The Morgan fingerprint density at radius 1 is 1.26 bits per heavy atom. The van der Waals surface area contributed by atoms with Crippen molar-refractivity contribution >= 4 is 27.4 Å². The summed E-state index contributed by atoms with van der Waals surface area (Å²) in [6.07, 6.45) is 0.148. The van der Waals surface area contributed by atoms with E-state index in [-0.39, 0.29) is 18.0 Å². The van der Waals surface area contributed by atoms with Gasteiger partial charge in [0.1, 0.15) is 5.82 Å². The van der Waals surface area contributed by atoms with Crippen LogP contribution in [0.2, 0.25) is 0 Å². The van der Waals surface area contributed by atoms with Crippen LogP contribution in [0.1, 0.15) is 21.5 Å². The Kier molecular flexibility index (Phi) is 4.00. The molecule has 0 aliphatic carbocycles. The van der Waals surface area contributed by atoms with E-state index >= 15 is 0 Å². The van der Waals surface area contributed by atoms with Crippen LogP contribution in [0, 0.1) is 12.7 Å². The normalized spacial score (nSPS) is 10.5. The Morgan fingerprint density at radius 3 is 2.68 bits per heavy atom. The van der Waals surface area contributed by atoms with Crippen molar-refractivity contribution in [2.45, 2.75) is 13.3 Å². The lowest BCUT2D eigenvalue weighted by Crippen LogP contribution is -2.08. The summed E-state index contributed by atoms with van der Waals surface area (Å²) in [7, 11) is 0. The Bertz CT molecular complexity index is 640. The van der Waals surface area contributed by atoms with Gasteiger partial charge in [-0.05, 0) is 48.4 Å². The Balaban J connectivity index is 2.28. The highest BCUT2D eigenvalue weighted by atomic mass is 79.9. The minimum atomic E-state index is -0.336. The first-order valence-electron chi connectivity index (χ1n) is 5.80.